The van der Waals surface area contributed by atoms with Crippen molar-refractivity contribution in [3.63, 3.8) is 0 Å². The molecule has 0 heterocycles. The maximum absolute atomic E-state index is 7.13. The van der Waals surface area contributed by atoms with Gasteiger partial charge in [0.25, 0.3) is 0 Å². The average molecular weight is 208 g/mol. The number of allylic oxidation sites excluding steroid dienone is 1. The fraction of sp³-hybridized carbons (Fsp3) is 0.455. The number of hydrogen-bond acceptors (Lipinski definition) is 4. The van der Waals surface area contributed by atoms with Crippen molar-refractivity contribution in [2.45, 2.75) is 20.8 Å². The Morgan fingerprint density at radius 2 is 2.20 bits per heavy atom. The predicted molar refractivity (Wildman–Crippen MR) is 65.9 cm³/mol. The molecule has 0 amide bonds. The first-order chi connectivity index (χ1) is 7.06. The summed E-state index contributed by atoms with van der Waals surface area (Å²) in [6, 6.07) is 0. The summed E-state index contributed by atoms with van der Waals surface area (Å²) >= 11 is 0. The average Bonchev–Trinajstić information content (AvgIpc) is 2.21. The van der Waals surface area contributed by atoms with Gasteiger partial charge in [0.1, 0.15) is 0 Å². The maximum atomic E-state index is 7.13. The van der Waals surface area contributed by atoms with Crippen LogP contribution in [0.15, 0.2) is 29.3 Å². The summed E-state index contributed by atoms with van der Waals surface area (Å²) in [6.45, 7) is 10.5. The first-order valence-electron chi connectivity index (χ1n) is 4.94. The molecule has 0 fully saturated rings. The number of nitrogens with zero attached hydrogens (tertiary/aromatic N) is 2. The van der Waals surface area contributed by atoms with Crippen LogP contribution in [0.4, 0.5) is 0 Å². The van der Waals surface area contributed by atoms with E-state index in [0.717, 1.165) is 12.8 Å². The summed E-state index contributed by atoms with van der Waals surface area (Å²) in [7, 11) is 0. The molecule has 15 heavy (non-hydrogen) atoms. The zero-order valence-electron chi connectivity index (χ0n) is 9.70. The molecule has 0 bridgehead atoms. The smallest absolute Gasteiger partial charge is 0.157 e. The van der Waals surface area contributed by atoms with Gasteiger partial charge in [-0.2, -0.15) is 0 Å². The highest BCUT2D eigenvalue weighted by Crippen LogP contribution is 2.11. The van der Waals surface area contributed by atoms with Crippen LogP contribution in [-0.4, -0.2) is 23.9 Å². The molecule has 84 valence electrons. The summed E-state index contributed by atoms with van der Waals surface area (Å²) in [5.74, 6) is 1.06. The molecule has 0 saturated heterocycles. The Labute approximate surface area is 91.7 Å². The van der Waals surface area contributed by atoms with Crippen molar-refractivity contribution < 1.29 is 0 Å². The largest absolute Gasteiger partial charge is 0.394 e. The van der Waals surface area contributed by atoms with Crippen LogP contribution >= 0.6 is 0 Å². The topological polar surface area (TPSA) is 65.5 Å². The number of aliphatic imine (C=N–C) groups is 1. The Balaban J connectivity index is 5.03. The van der Waals surface area contributed by atoms with Crippen LogP contribution in [0.5, 0.6) is 0 Å². The summed E-state index contributed by atoms with van der Waals surface area (Å²) in [4.78, 5) is 6.00. The Kier molecular flexibility index (Phi) is 6.09. The molecule has 0 radical (unpaired) electrons. The molecular formula is C11H20N4. The molecule has 0 atom stereocenters. The van der Waals surface area contributed by atoms with Crippen molar-refractivity contribution in [1.82, 2.24) is 4.90 Å². The van der Waals surface area contributed by atoms with Gasteiger partial charge in [0.15, 0.2) is 5.82 Å². The zero-order valence-corrected chi connectivity index (χ0v) is 9.70. The molecule has 0 aromatic heterocycles. The molecule has 0 aromatic rings. The highest BCUT2D eigenvalue weighted by atomic mass is 15.2. The van der Waals surface area contributed by atoms with Gasteiger partial charge >= 0.3 is 0 Å². The van der Waals surface area contributed by atoms with Crippen LogP contribution < -0.4 is 5.73 Å². The van der Waals surface area contributed by atoms with Gasteiger partial charge in [-0.3, -0.25) is 0 Å². The molecule has 0 spiro atoms. The lowest BCUT2D eigenvalue weighted by Gasteiger charge is -2.23. The van der Waals surface area contributed by atoms with E-state index >= 15 is 0 Å². The molecule has 4 nitrogen and oxygen atoms in total. The van der Waals surface area contributed by atoms with E-state index in [1.54, 1.807) is 12.4 Å². The van der Waals surface area contributed by atoms with E-state index in [9.17, 15) is 0 Å². The third-order valence-corrected chi connectivity index (χ3v) is 1.72. The summed E-state index contributed by atoms with van der Waals surface area (Å²) in [5.41, 5.74) is 6.03. The lowest BCUT2D eigenvalue weighted by molar-refractivity contribution is 0.393. The molecule has 0 saturated carbocycles. The number of nitrogens with one attached hydrogen (secondary N) is 1. The van der Waals surface area contributed by atoms with E-state index in [4.69, 9.17) is 11.1 Å². The van der Waals surface area contributed by atoms with Gasteiger partial charge in [0.05, 0.1) is 5.70 Å². The molecule has 0 unspecified atom stereocenters. The molecule has 0 aliphatic heterocycles. The normalized spacial score (nSPS) is 12.8. The van der Waals surface area contributed by atoms with Crippen molar-refractivity contribution in [1.29, 1.82) is 5.41 Å². The van der Waals surface area contributed by atoms with Crippen LogP contribution in [-0.2, 0) is 0 Å². The van der Waals surface area contributed by atoms with Crippen molar-refractivity contribution in [2.24, 2.45) is 16.6 Å². The Hall–Kier alpha value is -1.58. The second-order valence-corrected chi connectivity index (χ2v) is 3.54. The minimum absolute atomic E-state index is 0.341. The van der Waals surface area contributed by atoms with E-state index in [-0.39, 0.29) is 0 Å². The Bertz CT molecular complexity index is 276. The van der Waals surface area contributed by atoms with Gasteiger partial charge in [-0.1, -0.05) is 20.4 Å². The molecule has 0 aliphatic carbocycles. The van der Waals surface area contributed by atoms with Gasteiger partial charge in [0, 0.05) is 19.0 Å². The first-order valence-corrected chi connectivity index (χ1v) is 4.94. The van der Waals surface area contributed by atoms with Crippen molar-refractivity contribution in [3.8, 4) is 0 Å². The zero-order chi connectivity index (χ0) is 11.8. The first kappa shape index (κ1) is 13.4. The highest BCUT2D eigenvalue weighted by Gasteiger charge is 2.09. The number of nitrogens with two attached hydrogens (primary N) is 1. The van der Waals surface area contributed by atoms with Gasteiger partial charge in [-0.25, -0.2) is 4.99 Å². The van der Waals surface area contributed by atoms with Crippen LogP contribution in [0.1, 0.15) is 20.8 Å². The summed E-state index contributed by atoms with van der Waals surface area (Å²) in [5, 5.41) is 7.13. The fourth-order valence-electron chi connectivity index (χ4n) is 1.14. The fourth-order valence-corrected chi connectivity index (χ4v) is 1.14. The van der Waals surface area contributed by atoms with Gasteiger partial charge in [0.2, 0.25) is 0 Å². The van der Waals surface area contributed by atoms with Crippen LogP contribution in [0.25, 0.3) is 0 Å². The minimum atomic E-state index is 0.341. The lowest BCUT2D eigenvalue weighted by atomic mass is 10.2. The van der Waals surface area contributed by atoms with Gasteiger partial charge < -0.3 is 16.0 Å². The standard InChI is InChI=1S/C11H20N4/c1-5-14-11(10(13)7-12)15(6-2)8-9(3)4/h5-7,9,12H,2,8,13H2,1,3-4H3/b11-10-,12-7?,14-5-. The van der Waals surface area contributed by atoms with Crippen LogP contribution in [0.2, 0.25) is 0 Å². The van der Waals surface area contributed by atoms with E-state index in [0.29, 0.717) is 17.4 Å². The van der Waals surface area contributed by atoms with Crippen molar-refractivity contribution in [3.05, 3.63) is 24.3 Å². The number of rotatable bonds is 6. The Morgan fingerprint density at radius 3 is 2.53 bits per heavy atom. The number of hydrogen-bond donors (Lipinski definition) is 2. The highest BCUT2D eigenvalue weighted by molar-refractivity contribution is 5.76. The second kappa shape index (κ2) is 6.81. The molecular weight excluding hydrogens is 188 g/mol. The van der Waals surface area contributed by atoms with E-state index in [2.05, 4.69) is 25.4 Å². The molecule has 0 aromatic carbocycles. The lowest BCUT2D eigenvalue weighted by Crippen LogP contribution is -2.24. The summed E-state index contributed by atoms with van der Waals surface area (Å²) in [6.07, 6.45) is 4.43. The molecule has 0 aliphatic rings. The van der Waals surface area contributed by atoms with Crippen molar-refractivity contribution >= 4 is 12.4 Å². The third-order valence-electron chi connectivity index (χ3n) is 1.72. The van der Waals surface area contributed by atoms with Gasteiger partial charge in [-0.05, 0) is 19.0 Å². The monoisotopic (exact) mass is 208 g/mol. The van der Waals surface area contributed by atoms with E-state index < -0.39 is 0 Å². The maximum Gasteiger partial charge on any atom is 0.157 e. The molecule has 0 rings (SSSR count). The van der Waals surface area contributed by atoms with E-state index in [1.807, 2.05) is 11.8 Å². The van der Waals surface area contributed by atoms with Crippen molar-refractivity contribution in [2.75, 3.05) is 6.54 Å². The third kappa shape index (κ3) is 4.44. The SMILES string of the molecule is C=CN(CC(C)C)C(/N=C\C)=C(\N)C=N. The predicted octanol–water partition coefficient (Wildman–Crippen LogP) is 1.96. The van der Waals surface area contributed by atoms with E-state index in [1.165, 1.54) is 0 Å². The van der Waals surface area contributed by atoms with Gasteiger partial charge in [-0.15, -0.1) is 0 Å². The van der Waals surface area contributed by atoms with Crippen LogP contribution in [0, 0.1) is 11.3 Å². The minimum Gasteiger partial charge on any atom is -0.394 e. The second-order valence-electron chi connectivity index (χ2n) is 3.54. The summed E-state index contributed by atoms with van der Waals surface area (Å²) < 4.78 is 0. The molecule has 3 N–H and O–H groups in total. The Morgan fingerprint density at radius 1 is 1.60 bits per heavy atom. The van der Waals surface area contributed by atoms with Crippen LogP contribution in [0.3, 0.4) is 0 Å². The molecule has 4 heteroatoms. The quantitative estimate of drug-likeness (QED) is 0.655.